The van der Waals surface area contributed by atoms with E-state index in [-0.39, 0.29) is 0 Å². The number of aliphatic carboxylic acids is 1. The molecule has 0 bridgehead atoms. The Labute approximate surface area is 117 Å². The number of carbonyl (C=O) groups excluding carboxylic acids is 1. The molecule has 6 heteroatoms. The van der Waals surface area contributed by atoms with Crippen molar-refractivity contribution in [2.24, 2.45) is 0 Å². The van der Waals surface area contributed by atoms with E-state index in [0.29, 0.717) is 17.7 Å². The third-order valence-corrected chi connectivity index (χ3v) is 2.69. The first-order valence-corrected chi connectivity index (χ1v) is 6.18. The van der Waals surface area contributed by atoms with Crippen molar-refractivity contribution in [2.45, 2.75) is 32.4 Å². The van der Waals surface area contributed by atoms with Crippen LogP contribution in [0.15, 0.2) is 24.3 Å². The van der Waals surface area contributed by atoms with E-state index >= 15 is 0 Å². The lowest BCUT2D eigenvalue weighted by Crippen LogP contribution is -2.45. The molecule has 2 N–H and O–H groups in total. The van der Waals surface area contributed by atoms with Gasteiger partial charge in [0.15, 0.2) is 6.10 Å². The fourth-order valence-corrected chi connectivity index (χ4v) is 1.49. The number of nitriles is 1. The van der Waals surface area contributed by atoms with Crippen molar-refractivity contribution in [2.75, 3.05) is 0 Å². The second-order valence-corrected chi connectivity index (χ2v) is 4.20. The van der Waals surface area contributed by atoms with E-state index in [1.165, 1.54) is 6.92 Å². The summed E-state index contributed by atoms with van der Waals surface area (Å²) in [7, 11) is 0. The third kappa shape index (κ3) is 4.28. The van der Waals surface area contributed by atoms with Gasteiger partial charge in [0.2, 0.25) is 0 Å². The highest BCUT2D eigenvalue weighted by molar-refractivity contribution is 5.86. The fourth-order valence-electron chi connectivity index (χ4n) is 1.49. The Morgan fingerprint density at radius 2 is 2.00 bits per heavy atom. The molecular formula is C14H16N2O4. The molecule has 0 saturated carbocycles. The number of nitrogens with one attached hydrogen (secondary N) is 1. The number of carboxylic acid groups (broad SMARTS) is 1. The van der Waals surface area contributed by atoms with Crippen LogP contribution in [0.1, 0.15) is 25.8 Å². The third-order valence-electron chi connectivity index (χ3n) is 2.69. The van der Waals surface area contributed by atoms with E-state index in [0.717, 1.165) is 0 Å². The van der Waals surface area contributed by atoms with E-state index < -0.39 is 24.0 Å². The molecule has 6 nitrogen and oxygen atoms in total. The molecule has 0 heterocycles. The zero-order valence-corrected chi connectivity index (χ0v) is 11.3. The van der Waals surface area contributed by atoms with Gasteiger partial charge in [-0.2, -0.15) is 5.26 Å². The Hall–Kier alpha value is -2.55. The first-order chi connectivity index (χ1) is 9.47. The van der Waals surface area contributed by atoms with Crippen molar-refractivity contribution in [1.29, 1.82) is 5.26 Å². The summed E-state index contributed by atoms with van der Waals surface area (Å²) in [4.78, 5) is 22.6. The molecule has 0 saturated heterocycles. The quantitative estimate of drug-likeness (QED) is 0.816. The summed E-state index contributed by atoms with van der Waals surface area (Å²) in [5, 5.41) is 19.9. The number of ether oxygens (including phenoxy) is 1. The summed E-state index contributed by atoms with van der Waals surface area (Å²) >= 11 is 0. The van der Waals surface area contributed by atoms with Crippen molar-refractivity contribution < 1.29 is 19.4 Å². The predicted octanol–water partition coefficient (Wildman–Crippen LogP) is 1.30. The van der Waals surface area contributed by atoms with Gasteiger partial charge in [0.25, 0.3) is 5.91 Å². The van der Waals surface area contributed by atoms with Crippen LogP contribution in [0, 0.1) is 11.3 Å². The van der Waals surface area contributed by atoms with Crippen LogP contribution in [0.4, 0.5) is 0 Å². The normalized spacial score (nSPS) is 12.8. The monoisotopic (exact) mass is 276 g/mol. The van der Waals surface area contributed by atoms with Crippen molar-refractivity contribution in [3.05, 3.63) is 29.8 Å². The van der Waals surface area contributed by atoms with Gasteiger partial charge in [-0.1, -0.05) is 6.92 Å². The summed E-state index contributed by atoms with van der Waals surface area (Å²) in [6.45, 7) is 3.20. The summed E-state index contributed by atoms with van der Waals surface area (Å²) < 4.78 is 5.39. The highest BCUT2D eigenvalue weighted by Gasteiger charge is 2.22. The summed E-state index contributed by atoms with van der Waals surface area (Å²) in [6, 6.07) is 7.37. The Bertz CT molecular complexity index is 519. The van der Waals surface area contributed by atoms with Gasteiger partial charge in [-0.25, -0.2) is 4.79 Å². The number of rotatable bonds is 6. The van der Waals surface area contributed by atoms with Crippen molar-refractivity contribution in [1.82, 2.24) is 5.32 Å². The minimum Gasteiger partial charge on any atom is -0.481 e. The van der Waals surface area contributed by atoms with Gasteiger partial charge >= 0.3 is 5.97 Å². The summed E-state index contributed by atoms with van der Waals surface area (Å²) in [5.74, 6) is -1.13. The van der Waals surface area contributed by atoms with E-state index in [4.69, 9.17) is 15.1 Å². The molecule has 0 radical (unpaired) electrons. The fraction of sp³-hybridized carbons (Fsp3) is 0.357. The zero-order valence-electron chi connectivity index (χ0n) is 11.3. The van der Waals surface area contributed by atoms with Crippen LogP contribution in [-0.2, 0) is 9.59 Å². The van der Waals surface area contributed by atoms with Crippen LogP contribution >= 0.6 is 0 Å². The smallest absolute Gasteiger partial charge is 0.326 e. The van der Waals surface area contributed by atoms with Gasteiger partial charge in [-0.05, 0) is 37.6 Å². The molecule has 2 atom stereocenters. The number of benzene rings is 1. The minimum absolute atomic E-state index is 0.296. The molecule has 1 aromatic carbocycles. The van der Waals surface area contributed by atoms with Gasteiger partial charge in [0, 0.05) is 0 Å². The van der Waals surface area contributed by atoms with Gasteiger partial charge in [-0.3, -0.25) is 4.79 Å². The zero-order chi connectivity index (χ0) is 15.1. The van der Waals surface area contributed by atoms with E-state index in [2.05, 4.69) is 5.32 Å². The minimum atomic E-state index is -1.08. The first-order valence-electron chi connectivity index (χ1n) is 6.18. The van der Waals surface area contributed by atoms with Crippen molar-refractivity contribution in [3.8, 4) is 11.8 Å². The van der Waals surface area contributed by atoms with E-state index in [1.54, 1.807) is 31.2 Å². The molecule has 0 aliphatic carbocycles. The predicted molar refractivity (Wildman–Crippen MR) is 71.1 cm³/mol. The Morgan fingerprint density at radius 3 is 2.45 bits per heavy atom. The maximum atomic E-state index is 11.8. The number of hydrogen-bond donors (Lipinski definition) is 2. The topological polar surface area (TPSA) is 99.4 Å². The number of carboxylic acids is 1. The van der Waals surface area contributed by atoms with Gasteiger partial charge in [0.05, 0.1) is 11.6 Å². The lowest BCUT2D eigenvalue weighted by molar-refractivity contribution is -0.143. The molecule has 0 aromatic heterocycles. The van der Waals surface area contributed by atoms with Crippen molar-refractivity contribution >= 4 is 11.9 Å². The maximum absolute atomic E-state index is 11.8. The summed E-state index contributed by atoms with van der Waals surface area (Å²) in [6.07, 6.45) is -0.527. The van der Waals surface area contributed by atoms with Gasteiger partial charge in [-0.15, -0.1) is 0 Å². The number of carbonyl (C=O) groups is 2. The number of amides is 1. The Morgan fingerprint density at radius 1 is 1.40 bits per heavy atom. The Balaban J connectivity index is 2.61. The van der Waals surface area contributed by atoms with Crippen LogP contribution in [0.25, 0.3) is 0 Å². The molecule has 106 valence electrons. The van der Waals surface area contributed by atoms with Gasteiger partial charge < -0.3 is 15.2 Å². The molecule has 0 fully saturated rings. The van der Waals surface area contributed by atoms with Crippen LogP contribution in [0.2, 0.25) is 0 Å². The maximum Gasteiger partial charge on any atom is 0.326 e. The lowest BCUT2D eigenvalue weighted by atomic mass is 10.2. The number of nitrogens with zero attached hydrogens (tertiary/aromatic N) is 1. The SMILES string of the molecule is CC[C@@H](NC(=O)C(C)Oc1ccc(C#N)cc1)C(=O)O. The highest BCUT2D eigenvalue weighted by Crippen LogP contribution is 2.13. The van der Waals surface area contributed by atoms with Crippen LogP contribution in [0.3, 0.4) is 0 Å². The average molecular weight is 276 g/mol. The standard InChI is InChI=1S/C14H16N2O4/c1-3-12(14(18)19)16-13(17)9(2)20-11-6-4-10(8-15)5-7-11/h4-7,9,12H,3H2,1-2H3,(H,16,17)(H,18,19)/t9?,12-/m1/s1. The van der Waals surface area contributed by atoms with Crippen LogP contribution < -0.4 is 10.1 Å². The van der Waals surface area contributed by atoms with Crippen molar-refractivity contribution in [3.63, 3.8) is 0 Å². The molecule has 1 unspecified atom stereocenters. The van der Waals surface area contributed by atoms with E-state index in [1.807, 2.05) is 6.07 Å². The average Bonchev–Trinajstić information content (AvgIpc) is 2.44. The second-order valence-electron chi connectivity index (χ2n) is 4.20. The van der Waals surface area contributed by atoms with Gasteiger partial charge in [0.1, 0.15) is 11.8 Å². The highest BCUT2D eigenvalue weighted by atomic mass is 16.5. The molecule has 0 aliphatic heterocycles. The number of hydrogen-bond acceptors (Lipinski definition) is 4. The largest absolute Gasteiger partial charge is 0.481 e. The lowest BCUT2D eigenvalue weighted by Gasteiger charge is -2.17. The van der Waals surface area contributed by atoms with Crippen LogP contribution in [0.5, 0.6) is 5.75 Å². The first kappa shape index (κ1) is 15.5. The molecule has 0 spiro atoms. The summed E-state index contributed by atoms with van der Waals surface area (Å²) in [5.41, 5.74) is 0.492. The molecular weight excluding hydrogens is 260 g/mol. The molecule has 1 amide bonds. The van der Waals surface area contributed by atoms with E-state index in [9.17, 15) is 9.59 Å². The Kier molecular flexibility index (Phi) is 5.54. The second kappa shape index (κ2) is 7.14. The molecule has 1 aromatic rings. The molecule has 20 heavy (non-hydrogen) atoms. The molecule has 0 aliphatic rings. The molecule has 1 rings (SSSR count). The van der Waals surface area contributed by atoms with Crippen LogP contribution in [-0.4, -0.2) is 29.1 Å².